The lowest BCUT2D eigenvalue weighted by Crippen LogP contribution is -2.28. The summed E-state index contributed by atoms with van der Waals surface area (Å²) >= 11 is 0. The monoisotopic (exact) mass is 441 g/mol. The number of aromatic hydroxyl groups is 1. The minimum atomic E-state index is -0.556. The van der Waals surface area contributed by atoms with Gasteiger partial charge in [0.2, 0.25) is 5.91 Å². The van der Waals surface area contributed by atoms with Crippen LogP contribution in [0.3, 0.4) is 0 Å². The van der Waals surface area contributed by atoms with Crippen LogP contribution in [-0.2, 0) is 4.79 Å². The molecule has 0 saturated heterocycles. The second kappa shape index (κ2) is 8.58. The number of phenols is 1. The molecule has 0 fully saturated rings. The van der Waals surface area contributed by atoms with Crippen LogP contribution in [0.2, 0.25) is 0 Å². The molecule has 8 nitrogen and oxygen atoms in total. The summed E-state index contributed by atoms with van der Waals surface area (Å²) < 4.78 is 0. The molecule has 3 aromatic carbocycles. The number of para-hydroxylation sites is 1. The number of anilines is 2. The van der Waals surface area contributed by atoms with E-state index in [0.29, 0.717) is 33.8 Å². The molecule has 0 aliphatic carbocycles. The van der Waals surface area contributed by atoms with Crippen LogP contribution >= 0.6 is 0 Å². The Morgan fingerprint density at radius 3 is 2.52 bits per heavy atom. The van der Waals surface area contributed by atoms with E-state index in [1.807, 2.05) is 32.0 Å². The smallest absolute Gasteiger partial charge is 0.301 e. The van der Waals surface area contributed by atoms with Gasteiger partial charge in [0, 0.05) is 11.1 Å². The molecular formula is C25H23N5O3. The van der Waals surface area contributed by atoms with Crippen LogP contribution in [0.15, 0.2) is 70.9 Å². The fraction of sp³-hybridized carbons (Fsp3) is 0.120. The van der Waals surface area contributed by atoms with Gasteiger partial charge in [-0.05, 0) is 67.8 Å². The van der Waals surface area contributed by atoms with Crippen molar-refractivity contribution < 1.29 is 14.7 Å². The number of nitrogens with one attached hydrogen (secondary N) is 1. The summed E-state index contributed by atoms with van der Waals surface area (Å²) in [4.78, 5) is 24.4. The van der Waals surface area contributed by atoms with Crippen molar-refractivity contribution in [3.05, 3.63) is 77.4 Å². The molecule has 1 aliphatic rings. The number of nitrogens with two attached hydrogens (primary N) is 1. The maximum atomic E-state index is 12.9. The van der Waals surface area contributed by atoms with Gasteiger partial charge in [0.15, 0.2) is 5.71 Å². The maximum Gasteiger partial charge on any atom is 0.301 e. The van der Waals surface area contributed by atoms with Gasteiger partial charge < -0.3 is 10.8 Å². The van der Waals surface area contributed by atoms with E-state index in [9.17, 15) is 14.7 Å². The number of hydrogen-bond donors (Lipinski definition) is 3. The third-order valence-corrected chi connectivity index (χ3v) is 5.50. The lowest BCUT2D eigenvalue weighted by molar-refractivity contribution is -0.112. The first-order chi connectivity index (χ1) is 15.8. The number of phenolic OH excluding ortho intramolecular Hbond substituents is 1. The van der Waals surface area contributed by atoms with Crippen LogP contribution in [-0.4, -0.2) is 28.3 Å². The van der Waals surface area contributed by atoms with Gasteiger partial charge >= 0.3 is 5.91 Å². The summed E-state index contributed by atoms with van der Waals surface area (Å²) in [6, 6.07) is 17.4. The van der Waals surface area contributed by atoms with E-state index in [1.165, 1.54) is 5.01 Å². The molecular weight excluding hydrogens is 418 g/mol. The highest BCUT2D eigenvalue weighted by Crippen LogP contribution is 2.36. The third kappa shape index (κ3) is 4.18. The molecule has 0 aromatic heterocycles. The molecule has 0 unspecified atom stereocenters. The molecule has 1 aliphatic heterocycles. The molecule has 8 heteroatoms. The average molecular weight is 441 g/mol. The summed E-state index contributed by atoms with van der Waals surface area (Å²) in [5.74, 6) is -0.998. The number of hydrogen-bond acceptors (Lipinski definition) is 6. The lowest BCUT2D eigenvalue weighted by atomic mass is 10.0. The topological polar surface area (TPSA) is 120 Å². The maximum absolute atomic E-state index is 12.9. The van der Waals surface area contributed by atoms with Gasteiger partial charge in [-0.15, -0.1) is 0 Å². The van der Waals surface area contributed by atoms with Gasteiger partial charge in [0.1, 0.15) is 5.75 Å². The predicted molar refractivity (Wildman–Crippen MR) is 130 cm³/mol. The fourth-order valence-electron chi connectivity index (χ4n) is 3.48. The Balaban J connectivity index is 1.61. The van der Waals surface area contributed by atoms with Crippen molar-refractivity contribution in [2.75, 3.05) is 10.4 Å². The van der Waals surface area contributed by atoms with Crippen LogP contribution in [0.4, 0.5) is 11.4 Å². The van der Waals surface area contributed by atoms with Gasteiger partial charge in [-0.3, -0.25) is 15.0 Å². The number of rotatable bonds is 5. The highest BCUT2D eigenvalue weighted by molar-refractivity contribution is 6.71. The zero-order valence-electron chi connectivity index (χ0n) is 18.5. The molecule has 0 saturated carbocycles. The van der Waals surface area contributed by atoms with Crippen LogP contribution in [0.25, 0.3) is 11.1 Å². The number of amides is 2. The normalized spacial score (nSPS) is 14.5. The Hall–Kier alpha value is -4.46. The van der Waals surface area contributed by atoms with E-state index in [0.717, 1.165) is 11.1 Å². The van der Waals surface area contributed by atoms with Gasteiger partial charge in [-0.25, -0.2) is 0 Å². The Bertz CT molecular complexity index is 1340. The predicted octanol–water partition coefficient (Wildman–Crippen LogP) is 3.97. The Morgan fingerprint density at radius 2 is 1.79 bits per heavy atom. The second-order valence-electron chi connectivity index (χ2n) is 7.79. The zero-order valence-corrected chi connectivity index (χ0v) is 18.5. The average Bonchev–Trinajstić information content (AvgIpc) is 3.08. The van der Waals surface area contributed by atoms with E-state index in [-0.39, 0.29) is 17.4 Å². The van der Waals surface area contributed by atoms with Gasteiger partial charge in [0.05, 0.1) is 17.1 Å². The summed E-state index contributed by atoms with van der Waals surface area (Å²) in [5, 5.41) is 20.7. The van der Waals surface area contributed by atoms with E-state index in [4.69, 9.17) is 5.73 Å². The molecule has 0 bridgehead atoms. The number of carbonyl (C=O) groups is 2. The lowest BCUT2D eigenvalue weighted by Gasteiger charge is -2.13. The van der Waals surface area contributed by atoms with Gasteiger partial charge in [-0.2, -0.15) is 15.2 Å². The summed E-state index contributed by atoms with van der Waals surface area (Å²) in [6.07, 6.45) is 0. The summed E-state index contributed by atoms with van der Waals surface area (Å²) in [6.45, 7) is 5.67. The zero-order chi connectivity index (χ0) is 23.7. The first kappa shape index (κ1) is 21.8. The number of aryl methyl sites for hydroxylation is 2. The molecule has 0 spiro atoms. The highest BCUT2D eigenvalue weighted by atomic mass is 16.3. The van der Waals surface area contributed by atoms with Crippen LogP contribution in [0, 0.1) is 13.8 Å². The molecule has 166 valence electrons. The highest BCUT2D eigenvalue weighted by Gasteiger charge is 2.31. The molecule has 0 atom stereocenters. The van der Waals surface area contributed by atoms with Crippen molar-refractivity contribution in [1.82, 2.24) is 0 Å². The van der Waals surface area contributed by atoms with Crippen molar-refractivity contribution in [3.63, 3.8) is 0 Å². The number of carbonyl (C=O) groups excluding carboxylic acids is 2. The quantitative estimate of drug-likeness (QED) is 0.410. The molecule has 33 heavy (non-hydrogen) atoms. The minimum Gasteiger partial charge on any atom is -0.505 e. The molecule has 4 rings (SSSR count). The van der Waals surface area contributed by atoms with Crippen LogP contribution < -0.4 is 16.2 Å². The van der Waals surface area contributed by atoms with Gasteiger partial charge in [0.25, 0.3) is 0 Å². The van der Waals surface area contributed by atoms with E-state index >= 15 is 0 Å². The van der Waals surface area contributed by atoms with E-state index in [1.54, 1.807) is 49.4 Å². The Morgan fingerprint density at radius 1 is 1.03 bits per heavy atom. The van der Waals surface area contributed by atoms with E-state index < -0.39 is 5.91 Å². The number of nitrogens with zero attached hydrogens (tertiary/aromatic N) is 3. The molecule has 4 N–H and O–H groups in total. The van der Waals surface area contributed by atoms with E-state index in [2.05, 4.69) is 15.6 Å². The first-order valence-electron chi connectivity index (χ1n) is 10.3. The first-order valence-corrected chi connectivity index (χ1v) is 10.3. The third-order valence-electron chi connectivity index (χ3n) is 5.50. The number of hydrazone groups is 2. The van der Waals surface area contributed by atoms with Crippen molar-refractivity contribution in [1.29, 1.82) is 0 Å². The molecule has 2 amide bonds. The van der Waals surface area contributed by atoms with Crippen molar-refractivity contribution >= 4 is 34.6 Å². The SMILES string of the molecule is CC1=NN(c2ccc(C)c(C)c2)C(=O)C1=NNc1cccc(-c2cccc(C(N)=O)c2)c1O. The standard InChI is InChI=1S/C25H23N5O3/c1-14-10-11-19(12-15(14)2)30-25(33)22(16(3)29-30)28-27-21-9-5-8-20(23(21)31)17-6-4-7-18(13-17)24(26)32/h4-13,27,31H,1-3H3,(H2,26,32). The van der Waals surface area contributed by atoms with Gasteiger partial charge in [-0.1, -0.05) is 30.3 Å². The van der Waals surface area contributed by atoms with Crippen molar-refractivity contribution in [2.45, 2.75) is 20.8 Å². The van der Waals surface area contributed by atoms with Crippen molar-refractivity contribution in [2.24, 2.45) is 15.9 Å². The number of primary amides is 1. The Labute approximate surface area is 191 Å². The van der Waals surface area contributed by atoms with Crippen molar-refractivity contribution in [3.8, 4) is 16.9 Å². The summed E-state index contributed by atoms with van der Waals surface area (Å²) in [7, 11) is 0. The second-order valence-corrected chi connectivity index (χ2v) is 7.79. The van der Waals surface area contributed by atoms with Crippen LogP contribution in [0.1, 0.15) is 28.4 Å². The molecule has 1 heterocycles. The fourth-order valence-corrected chi connectivity index (χ4v) is 3.48. The minimum absolute atomic E-state index is 0.0745. The number of benzene rings is 3. The molecule has 0 radical (unpaired) electrons. The summed E-state index contributed by atoms with van der Waals surface area (Å²) in [5.41, 5.74) is 13.3. The van der Waals surface area contributed by atoms with Crippen LogP contribution in [0.5, 0.6) is 5.75 Å². The largest absolute Gasteiger partial charge is 0.505 e. The molecule has 3 aromatic rings. The Kier molecular flexibility index (Phi) is 5.66.